The molecule has 0 saturated heterocycles. The number of nitrogens with one attached hydrogen (secondary N) is 2. The van der Waals surface area contributed by atoms with Crippen molar-refractivity contribution in [1.29, 1.82) is 0 Å². The van der Waals surface area contributed by atoms with E-state index in [4.69, 9.17) is 0 Å². The lowest BCUT2D eigenvalue weighted by Crippen LogP contribution is -2.15. The molecule has 2 amide bonds. The predicted octanol–water partition coefficient (Wildman–Crippen LogP) is 6.78. The van der Waals surface area contributed by atoms with Crippen molar-refractivity contribution < 1.29 is 19.8 Å². The lowest BCUT2D eigenvalue weighted by atomic mass is 9.87. The quantitative estimate of drug-likeness (QED) is 0.307. The molecule has 0 radical (unpaired) electrons. The van der Waals surface area contributed by atoms with Crippen LogP contribution in [-0.4, -0.2) is 22.0 Å². The largest absolute Gasteiger partial charge is 0.507 e. The normalized spacial score (nSPS) is 11.7. The minimum absolute atomic E-state index is 0.0118. The first-order valence-corrected chi connectivity index (χ1v) is 12.1. The second-order valence-corrected chi connectivity index (χ2v) is 11.6. The van der Waals surface area contributed by atoms with E-state index in [1.807, 2.05) is 12.1 Å². The number of benzene rings is 3. The Bertz CT molecular complexity index is 1150. The average Bonchev–Trinajstić information content (AvgIpc) is 2.76. The monoisotopic (exact) mass is 488 g/mol. The molecule has 6 heteroatoms. The number of carbonyl (C=O) groups is 2. The van der Waals surface area contributed by atoms with Crippen LogP contribution >= 0.6 is 0 Å². The van der Waals surface area contributed by atoms with Crippen molar-refractivity contribution in [1.82, 2.24) is 0 Å². The van der Waals surface area contributed by atoms with E-state index in [0.717, 1.165) is 11.1 Å². The number of phenolic OH excluding ortho intramolecular Hbond substituents is 2. The van der Waals surface area contributed by atoms with E-state index in [1.165, 1.54) is 0 Å². The Morgan fingerprint density at radius 3 is 1.25 bits per heavy atom. The van der Waals surface area contributed by atoms with E-state index in [2.05, 4.69) is 52.2 Å². The van der Waals surface area contributed by atoms with Gasteiger partial charge in [-0.3, -0.25) is 9.59 Å². The Morgan fingerprint density at radius 1 is 0.611 bits per heavy atom. The van der Waals surface area contributed by atoms with E-state index in [1.54, 1.807) is 48.5 Å². The highest BCUT2D eigenvalue weighted by molar-refractivity contribution is 6.07. The fourth-order valence-electron chi connectivity index (χ4n) is 4.01. The van der Waals surface area contributed by atoms with Crippen molar-refractivity contribution in [2.24, 2.45) is 10.8 Å². The summed E-state index contributed by atoms with van der Waals surface area (Å²) in [5.74, 6) is -0.856. The number of rotatable bonds is 6. The van der Waals surface area contributed by atoms with Crippen LogP contribution in [0.15, 0.2) is 60.7 Å². The molecule has 3 aromatic rings. The third kappa shape index (κ3) is 7.11. The number of phenols is 2. The number of carbonyl (C=O) groups excluding carboxylic acids is 2. The number of anilines is 2. The number of hydrogen-bond donors (Lipinski definition) is 4. The van der Waals surface area contributed by atoms with Crippen LogP contribution in [0.3, 0.4) is 0 Å². The second-order valence-electron chi connectivity index (χ2n) is 11.6. The molecule has 0 heterocycles. The molecule has 3 aromatic carbocycles. The minimum Gasteiger partial charge on any atom is -0.507 e. The lowest BCUT2D eigenvalue weighted by Gasteiger charge is -2.20. The molecule has 0 unspecified atom stereocenters. The second kappa shape index (κ2) is 10.4. The number of hydrogen-bond acceptors (Lipinski definition) is 4. The molecule has 4 N–H and O–H groups in total. The van der Waals surface area contributed by atoms with Gasteiger partial charge in [0.2, 0.25) is 0 Å². The lowest BCUT2D eigenvalue weighted by molar-refractivity contribution is 0.101. The first-order valence-electron chi connectivity index (χ1n) is 12.1. The molecular formula is C30H36N2O4. The Kier molecular flexibility index (Phi) is 7.77. The van der Waals surface area contributed by atoms with Gasteiger partial charge in [-0.2, -0.15) is 0 Å². The molecule has 0 aromatic heterocycles. The van der Waals surface area contributed by atoms with E-state index < -0.39 is 11.8 Å². The molecule has 0 spiro atoms. The van der Waals surface area contributed by atoms with Crippen molar-refractivity contribution >= 4 is 23.2 Å². The summed E-state index contributed by atoms with van der Waals surface area (Å²) in [5, 5.41) is 26.8. The molecule has 0 fully saturated rings. The topological polar surface area (TPSA) is 98.7 Å². The highest BCUT2D eigenvalue weighted by Gasteiger charge is 2.20. The fourth-order valence-corrected chi connectivity index (χ4v) is 4.01. The molecule has 0 aliphatic carbocycles. The Labute approximate surface area is 213 Å². The number of amides is 2. The van der Waals surface area contributed by atoms with E-state index >= 15 is 0 Å². The van der Waals surface area contributed by atoms with Crippen molar-refractivity contribution in [3.63, 3.8) is 0 Å². The van der Waals surface area contributed by atoms with E-state index in [9.17, 15) is 19.8 Å². The molecule has 0 aliphatic rings. The van der Waals surface area contributed by atoms with Gasteiger partial charge in [0.15, 0.2) is 0 Å². The van der Waals surface area contributed by atoms with Gasteiger partial charge in [-0.05, 0) is 71.2 Å². The van der Waals surface area contributed by atoms with Crippen molar-refractivity contribution in [2.45, 2.75) is 54.4 Å². The van der Waals surface area contributed by atoms with Gasteiger partial charge in [-0.15, -0.1) is 0 Å². The summed E-state index contributed by atoms with van der Waals surface area (Å²) < 4.78 is 0. The van der Waals surface area contributed by atoms with Crippen molar-refractivity contribution in [3.8, 4) is 11.5 Å². The summed E-state index contributed by atoms with van der Waals surface area (Å²) in [5.41, 5.74) is 2.85. The molecule has 36 heavy (non-hydrogen) atoms. The van der Waals surface area contributed by atoms with Gasteiger partial charge in [0, 0.05) is 11.4 Å². The average molecular weight is 489 g/mol. The predicted molar refractivity (Wildman–Crippen MR) is 145 cm³/mol. The third-order valence-corrected chi connectivity index (χ3v) is 5.57. The zero-order valence-electron chi connectivity index (χ0n) is 21.9. The highest BCUT2D eigenvalue weighted by Crippen LogP contribution is 2.31. The van der Waals surface area contributed by atoms with Gasteiger partial charge < -0.3 is 20.8 Å². The molecule has 6 nitrogen and oxygen atoms in total. The van der Waals surface area contributed by atoms with Crippen LogP contribution in [0.1, 0.15) is 73.4 Å². The maximum atomic E-state index is 12.8. The van der Waals surface area contributed by atoms with Crippen LogP contribution in [0.25, 0.3) is 0 Å². The smallest absolute Gasteiger partial charge is 0.259 e. The number of para-hydroxylation sites is 2. The zero-order valence-corrected chi connectivity index (χ0v) is 21.9. The summed E-state index contributed by atoms with van der Waals surface area (Å²) in [6.07, 6.45) is 1.28. The Morgan fingerprint density at radius 2 is 0.944 bits per heavy atom. The van der Waals surface area contributed by atoms with Crippen LogP contribution in [-0.2, 0) is 12.8 Å². The molecular weight excluding hydrogens is 452 g/mol. The molecule has 0 atom stereocenters. The van der Waals surface area contributed by atoms with Gasteiger partial charge in [0.05, 0.1) is 11.1 Å². The SMILES string of the molecule is CC(C)(C)Cc1cccc(C(=O)Nc2ccc(NC(=O)c3cccc(CC(C)(C)C)c3O)cc2)c1O. The highest BCUT2D eigenvalue weighted by atomic mass is 16.3. The van der Waals surface area contributed by atoms with Gasteiger partial charge >= 0.3 is 0 Å². The van der Waals surface area contributed by atoms with Gasteiger partial charge in [-0.1, -0.05) is 65.8 Å². The summed E-state index contributed by atoms with van der Waals surface area (Å²) >= 11 is 0. The first-order chi connectivity index (χ1) is 16.7. The van der Waals surface area contributed by atoms with Crippen LogP contribution in [0, 0.1) is 10.8 Å². The maximum absolute atomic E-state index is 12.8. The van der Waals surface area contributed by atoms with Crippen molar-refractivity contribution in [3.05, 3.63) is 82.9 Å². The third-order valence-electron chi connectivity index (χ3n) is 5.57. The van der Waals surface area contributed by atoms with Gasteiger partial charge in [-0.25, -0.2) is 0 Å². The number of aromatic hydroxyl groups is 2. The van der Waals surface area contributed by atoms with Crippen LogP contribution in [0.4, 0.5) is 11.4 Å². The van der Waals surface area contributed by atoms with Gasteiger partial charge in [0.1, 0.15) is 11.5 Å². The van der Waals surface area contributed by atoms with E-state index in [0.29, 0.717) is 24.2 Å². The van der Waals surface area contributed by atoms with Gasteiger partial charge in [0.25, 0.3) is 11.8 Å². The van der Waals surface area contributed by atoms with Crippen molar-refractivity contribution in [2.75, 3.05) is 10.6 Å². The van der Waals surface area contributed by atoms with Crippen LogP contribution in [0.5, 0.6) is 11.5 Å². The fraction of sp³-hybridized carbons (Fsp3) is 0.333. The standard InChI is InChI=1S/C30H36N2O4/c1-29(2,3)17-19-9-7-11-23(25(19)33)27(35)31-21-13-15-22(16-14-21)32-28(36)24-12-8-10-20(26(24)34)18-30(4,5)6/h7-16,33-34H,17-18H2,1-6H3,(H,31,35)(H,32,36). The summed E-state index contributed by atoms with van der Waals surface area (Å²) in [6, 6.07) is 17.0. The molecule has 0 aliphatic heterocycles. The maximum Gasteiger partial charge on any atom is 0.259 e. The van der Waals surface area contributed by atoms with Crippen LogP contribution < -0.4 is 10.6 Å². The molecule has 190 valence electrons. The zero-order chi connectivity index (χ0) is 26.7. The summed E-state index contributed by atoms with van der Waals surface area (Å²) in [7, 11) is 0. The Balaban J connectivity index is 1.69. The molecule has 0 bridgehead atoms. The Hall–Kier alpha value is -3.80. The summed E-state index contributed by atoms with van der Waals surface area (Å²) in [6.45, 7) is 12.4. The molecule has 0 saturated carbocycles. The minimum atomic E-state index is -0.416. The first kappa shape index (κ1) is 26.8. The summed E-state index contributed by atoms with van der Waals surface area (Å²) in [4.78, 5) is 25.6. The van der Waals surface area contributed by atoms with E-state index in [-0.39, 0.29) is 33.5 Å². The van der Waals surface area contributed by atoms with Crippen LogP contribution in [0.2, 0.25) is 0 Å². The molecule has 3 rings (SSSR count).